The molecule has 1 aromatic carbocycles. The van der Waals surface area contributed by atoms with Crippen molar-refractivity contribution in [2.45, 2.75) is 25.8 Å². The average Bonchev–Trinajstić information content (AvgIpc) is 2.82. The lowest BCUT2D eigenvalue weighted by Gasteiger charge is -2.14. The molecule has 5 nitrogen and oxygen atoms in total. The predicted octanol–water partition coefficient (Wildman–Crippen LogP) is 3.12. The Labute approximate surface area is 106 Å². The summed E-state index contributed by atoms with van der Waals surface area (Å²) in [5, 5.41) is 14.1. The zero-order chi connectivity index (χ0) is 13.0. The van der Waals surface area contributed by atoms with Crippen molar-refractivity contribution in [3.8, 4) is 5.75 Å². The summed E-state index contributed by atoms with van der Waals surface area (Å²) in [5.41, 5.74) is 0.788. The summed E-state index contributed by atoms with van der Waals surface area (Å²) in [6, 6.07) is 5.11. The highest BCUT2D eigenvalue weighted by molar-refractivity contribution is 5.57. The molecule has 0 spiro atoms. The van der Waals surface area contributed by atoms with Gasteiger partial charge in [-0.05, 0) is 19.8 Å². The van der Waals surface area contributed by atoms with Crippen LogP contribution in [0.3, 0.4) is 0 Å². The molecular weight excluding hydrogens is 232 g/mol. The molecule has 0 aromatic heterocycles. The van der Waals surface area contributed by atoms with E-state index >= 15 is 0 Å². The number of non-ortho nitro benzene ring substituents is 1. The van der Waals surface area contributed by atoms with Gasteiger partial charge in [0.2, 0.25) is 0 Å². The highest BCUT2D eigenvalue weighted by Crippen LogP contribution is 2.27. The number of nitrogens with one attached hydrogen (secondary N) is 1. The van der Waals surface area contributed by atoms with Crippen molar-refractivity contribution in [1.82, 2.24) is 0 Å². The Morgan fingerprint density at radius 3 is 2.72 bits per heavy atom. The molecule has 2 rings (SSSR count). The lowest BCUT2D eigenvalue weighted by Crippen LogP contribution is -2.15. The van der Waals surface area contributed by atoms with Gasteiger partial charge in [0, 0.05) is 23.9 Å². The van der Waals surface area contributed by atoms with Gasteiger partial charge in [0.25, 0.3) is 5.69 Å². The van der Waals surface area contributed by atoms with Crippen LogP contribution in [0.5, 0.6) is 5.75 Å². The van der Waals surface area contributed by atoms with Gasteiger partial charge >= 0.3 is 0 Å². The number of nitro benzene ring substituents is 1. The molecule has 5 heteroatoms. The van der Waals surface area contributed by atoms with Crippen LogP contribution in [0.25, 0.3) is 0 Å². The summed E-state index contributed by atoms with van der Waals surface area (Å²) in [5.74, 6) is 0.528. The molecular formula is C13H16N2O3. The van der Waals surface area contributed by atoms with Crippen LogP contribution < -0.4 is 10.1 Å². The third-order valence-electron chi connectivity index (χ3n) is 2.79. The number of ether oxygens (including phenoxy) is 1. The molecule has 0 saturated heterocycles. The Morgan fingerprint density at radius 2 is 2.11 bits per heavy atom. The summed E-state index contributed by atoms with van der Waals surface area (Å²) in [6.45, 7) is 2.35. The summed E-state index contributed by atoms with van der Waals surface area (Å²) < 4.78 is 5.34. The minimum atomic E-state index is -0.402. The third kappa shape index (κ3) is 3.00. The van der Waals surface area contributed by atoms with Crippen LogP contribution in [0.1, 0.15) is 19.8 Å². The van der Waals surface area contributed by atoms with Gasteiger partial charge in [0.05, 0.1) is 17.6 Å². The van der Waals surface area contributed by atoms with Crippen LogP contribution in [0.15, 0.2) is 30.4 Å². The van der Waals surface area contributed by atoms with Crippen molar-refractivity contribution in [2.75, 3.05) is 11.9 Å². The van der Waals surface area contributed by atoms with Gasteiger partial charge in [-0.25, -0.2) is 0 Å². The summed E-state index contributed by atoms with van der Waals surface area (Å²) in [7, 11) is 0. The lowest BCUT2D eigenvalue weighted by atomic mass is 10.2. The highest BCUT2D eigenvalue weighted by atomic mass is 16.6. The number of nitro groups is 1. The minimum Gasteiger partial charge on any atom is -0.494 e. The number of nitrogens with zero attached hydrogens (tertiary/aromatic N) is 1. The first-order valence-electron chi connectivity index (χ1n) is 6.03. The van der Waals surface area contributed by atoms with Gasteiger partial charge in [0.1, 0.15) is 5.75 Å². The fraction of sp³-hybridized carbons (Fsp3) is 0.385. The van der Waals surface area contributed by atoms with Crippen molar-refractivity contribution < 1.29 is 9.66 Å². The molecule has 0 heterocycles. The zero-order valence-electron chi connectivity index (χ0n) is 10.3. The number of anilines is 1. The van der Waals surface area contributed by atoms with Crippen molar-refractivity contribution in [2.24, 2.45) is 0 Å². The molecule has 0 saturated carbocycles. The van der Waals surface area contributed by atoms with E-state index in [0.717, 1.165) is 18.5 Å². The van der Waals surface area contributed by atoms with Gasteiger partial charge in [0.15, 0.2) is 0 Å². The summed E-state index contributed by atoms with van der Waals surface area (Å²) in [4.78, 5) is 10.5. The molecule has 1 aliphatic carbocycles. The van der Waals surface area contributed by atoms with E-state index < -0.39 is 4.92 Å². The maximum absolute atomic E-state index is 10.9. The minimum absolute atomic E-state index is 0.0504. The van der Waals surface area contributed by atoms with E-state index in [9.17, 15) is 10.1 Å². The maximum atomic E-state index is 10.9. The Balaban J connectivity index is 2.19. The Morgan fingerprint density at radius 1 is 1.39 bits per heavy atom. The molecule has 0 aliphatic heterocycles. The van der Waals surface area contributed by atoms with Gasteiger partial charge in [-0.2, -0.15) is 0 Å². The lowest BCUT2D eigenvalue weighted by molar-refractivity contribution is -0.384. The van der Waals surface area contributed by atoms with E-state index in [2.05, 4.69) is 17.5 Å². The maximum Gasteiger partial charge on any atom is 0.275 e. The fourth-order valence-electron chi connectivity index (χ4n) is 1.99. The molecule has 0 bridgehead atoms. The van der Waals surface area contributed by atoms with E-state index in [1.165, 1.54) is 6.07 Å². The fourth-order valence-corrected chi connectivity index (χ4v) is 1.99. The number of benzene rings is 1. The van der Waals surface area contributed by atoms with Gasteiger partial charge in [-0.3, -0.25) is 10.1 Å². The van der Waals surface area contributed by atoms with Crippen LogP contribution in [0, 0.1) is 10.1 Å². The number of hydrogen-bond donors (Lipinski definition) is 1. The van der Waals surface area contributed by atoms with E-state index in [4.69, 9.17) is 4.74 Å². The standard InChI is InChI=1S/C13H16N2O3/c1-2-18-13-8-11(7-12(9-13)15(16)17)14-10-5-3-4-6-10/h3-4,7-10,14H,2,5-6H2,1H3. The SMILES string of the molecule is CCOc1cc(NC2CC=CC2)cc([N+](=O)[O-])c1. The van der Waals surface area contributed by atoms with Gasteiger partial charge < -0.3 is 10.1 Å². The van der Waals surface area contributed by atoms with Crippen molar-refractivity contribution in [1.29, 1.82) is 0 Å². The molecule has 1 N–H and O–H groups in total. The molecule has 0 fully saturated rings. The first-order chi connectivity index (χ1) is 8.69. The van der Waals surface area contributed by atoms with Crippen molar-refractivity contribution >= 4 is 11.4 Å². The van der Waals surface area contributed by atoms with E-state index in [1.54, 1.807) is 12.1 Å². The third-order valence-corrected chi connectivity index (χ3v) is 2.79. The van der Waals surface area contributed by atoms with Crippen LogP contribution in [-0.2, 0) is 0 Å². The predicted molar refractivity (Wildman–Crippen MR) is 70.1 cm³/mol. The first-order valence-corrected chi connectivity index (χ1v) is 6.03. The molecule has 0 radical (unpaired) electrons. The number of hydrogen-bond acceptors (Lipinski definition) is 4. The highest BCUT2D eigenvalue weighted by Gasteiger charge is 2.14. The number of rotatable bonds is 5. The molecule has 1 aliphatic rings. The van der Waals surface area contributed by atoms with Crippen LogP contribution in [0.4, 0.5) is 11.4 Å². The molecule has 1 aromatic rings. The first kappa shape index (κ1) is 12.4. The average molecular weight is 248 g/mol. The Hall–Kier alpha value is -2.04. The second kappa shape index (κ2) is 5.53. The Bertz CT molecular complexity index is 463. The summed E-state index contributed by atoms with van der Waals surface area (Å²) in [6.07, 6.45) is 6.12. The molecule has 18 heavy (non-hydrogen) atoms. The second-order valence-electron chi connectivity index (χ2n) is 4.19. The second-order valence-corrected chi connectivity index (χ2v) is 4.19. The van der Waals surface area contributed by atoms with Gasteiger partial charge in [-0.1, -0.05) is 12.2 Å². The largest absolute Gasteiger partial charge is 0.494 e. The normalized spacial score (nSPS) is 14.7. The van der Waals surface area contributed by atoms with E-state index in [-0.39, 0.29) is 5.69 Å². The quantitative estimate of drug-likeness (QED) is 0.494. The van der Waals surface area contributed by atoms with Crippen LogP contribution in [0.2, 0.25) is 0 Å². The zero-order valence-corrected chi connectivity index (χ0v) is 10.3. The molecule has 0 atom stereocenters. The Kier molecular flexibility index (Phi) is 3.82. The van der Waals surface area contributed by atoms with Crippen LogP contribution in [-0.4, -0.2) is 17.6 Å². The van der Waals surface area contributed by atoms with Gasteiger partial charge in [-0.15, -0.1) is 0 Å². The monoisotopic (exact) mass is 248 g/mol. The van der Waals surface area contributed by atoms with E-state index in [0.29, 0.717) is 18.4 Å². The molecule has 0 unspecified atom stereocenters. The smallest absolute Gasteiger partial charge is 0.275 e. The van der Waals surface area contributed by atoms with Crippen LogP contribution >= 0.6 is 0 Å². The summed E-state index contributed by atoms with van der Waals surface area (Å²) >= 11 is 0. The molecule has 96 valence electrons. The van der Waals surface area contributed by atoms with E-state index in [1.807, 2.05) is 6.92 Å². The topological polar surface area (TPSA) is 64.4 Å². The van der Waals surface area contributed by atoms with Crippen molar-refractivity contribution in [3.63, 3.8) is 0 Å². The van der Waals surface area contributed by atoms with Crippen molar-refractivity contribution in [3.05, 3.63) is 40.5 Å². The molecule has 0 amide bonds.